The summed E-state index contributed by atoms with van der Waals surface area (Å²) >= 11 is 0. The van der Waals surface area contributed by atoms with Crippen molar-refractivity contribution >= 4 is 33.7 Å². The smallest absolute Gasteiger partial charge is 0.870 e. The summed E-state index contributed by atoms with van der Waals surface area (Å²) in [6.07, 6.45) is 0. The second-order valence-corrected chi connectivity index (χ2v) is 6.98. The van der Waals surface area contributed by atoms with Crippen molar-refractivity contribution < 1.29 is 85.8 Å². The number of aromatic carboxylic acids is 1. The van der Waals surface area contributed by atoms with Gasteiger partial charge in [0.15, 0.2) is 0 Å². The minimum atomic E-state index is -0.979. The van der Waals surface area contributed by atoms with E-state index in [1.165, 1.54) is 21.3 Å². The number of rotatable bonds is 4. The fourth-order valence-corrected chi connectivity index (χ4v) is 3.39. The maximum Gasteiger partial charge on any atom is 1.00 e. The molecule has 0 atom stereocenters. The molecule has 0 bridgehead atoms. The number of aromatic amines is 2. The van der Waals surface area contributed by atoms with Crippen molar-refractivity contribution in [2.75, 3.05) is 21.3 Å². The van der Waals surface area contributed by atoms with Crippen LogP contribution in [0, 0.1) is 13.8 Å². The van der Waals surface area contributed by atoms with Gasteiger partial charge in [-0.15, -0.1) is 0 Å². The van der Waals surface area contributed by atoms with Crippen LogP contribution in [0.2, 0.25) is 0 Å². The first-order valence-corrected chi connectivity index (χ1v) is 9.43. The van der Waals surface area contributed by atoms with E-state index in [0.717, 1.165) is 33.2 Å². The topological polar surface area (TPSA) is 144 Å². The van der Waals surface area contributed by atoms with E-state index in [4.69, 9.17) is 19.3 Å². The molecular formula is C23H25KN2O7. The van der Waals surface area contributed by atoms with Crippen LogP contribution in [0.3, 0.4) is 0 Å². The summed E-state index contributed by atoms with van der Waals surface area (Å²) in [5.41, 5.74) is 4.49. The average Bonchev–Trinajstić information content (AvgIpc) is 3.30. The van der Waals surface area contributed by atoms with Crippen molar-refractivity contribution in [3.05, 3.63) is 58.9 Å². The van der Waals surface area contributed by atoms with Crippen molar-refractivity contribution in [3.8, 4) is 11.5 Å². The third-order valence-corrected chi connectivity index (χ3v) is 4.79. The Bertz CT molecular complexity index is 1280. The first-order valence-electron chi connectivity index (χ1n) is 9.43. The Morgan fingerprint density at radius 3 is 1.58 bits per heavy atom. The molecule has 2 aromatic heterocycles. The number of aromatic nitrogens is 2. The van der Waals surface area contributed by atoms with E-state index in [-0.39, 0.29) is 62.4 Å². The number of fused-ring (bicyclic) bond motifs is 2. The van der Waals surface area contributed by atoms with Gasteiger partial charge in [-0.2, -0.15) is 0 Å². The SMILES string of the molecule is COC(=O)c1cc2cc(C)[nH]c2cc1OC.COc1cc2[nH]c(C)cc2cc1C(=O)O.[K+].[OH-]. The van der Waals surface area contributed by atoms with Crippen LogP contribution in [-0.4, -0.2) is 53.8 Å². The fraction of sp³-hybridized carbons (Fsp3) is 0.217. The molecule has 170 valence electrons. The van der Waals surface area contributed by atoms with Gasteiger partial charge >= 0.3 is 63.3 Å². The van der Waals surface area contributed by atoms with E-state index in [0.29, 0.717) is 17.1 Å². The number of aryl methyl sites for hydroxylation is 2. The molecule has 2 aromatic carbocycles. The minimum absolute atomic E-state index is 0. The van der Waals surface area contributed by atoms with Crippen molar-refractivity contribution in [3.63, 3.8) is 0 Å². The summed E-state index contributed by atoms with van der Waals surface area (Å²) in [4.78, 5) is 28.8. The summed E-state index contributed by atoms with van der Waals surface area (Å²) in [6.45, 7) is 3.89. The van der Waals surface area contributed by atoms with Crippen molar-refractivity contribution in [2.24, 2.45) is 0 Å². The summed E-state index contributed by atoms with van der Waals surface area (Å²) in [5.74, 6) is -0.483. The van der Waals surface area contributed by atoms with Gasteiger partial charge in [-0.25, -0.2) is 9.59 Å². The van der Waals surface area contributed by atoms with Crippen LogP contribution in [0.15, 0.2) is 36.4 Å². The second-order valence-electron chi connectivity index (χ2n) is 6.98. The first kappa shape index (κ1) is 28.7. The van der Waals surface area contributed by atoms with Gasteiger partial charge in [0, 0.05) is 45.3 Å². The number of esters is 1. The molecule has 0 saturated carbocycles. The standard InChI is InChI=1S/C12H13NO3.C11H11NO3.K.H2O/c1-7-4-8-5-9(12(14)16-3)11(15-2)6-10(8)13-7;1-6-3-7-4-8(11(13)14)10(15-2)5-9(7)12-6;;/h4-6,13H,1-3H3;3-5,12H,1-2H3,(H,13,14);;1H2/q;;+1;/p-1. The van der Waals surface area contributed by atoms with Gasteiger partial charge in [0.2, 0.25) is 0 Å². The van der Waals surface area contributed by atoms with Gasteiger partial charge in [0.05, 0.1) is 21.3 Å². The van der Waals surface area contributed by atoms with Crippen LogP contribution in [0.4, 0.5) is 0 Å². The van der Waals surface area contributed by atoms with E-state index in [1.807, 2.05) is 26.0 Å². The van der Waals surface area contributed by atoms with Crippen LogP contribution in [0.1, 0.15) is 32.1 Å². The van der Waals surface area contributed by atoms with E-state index in [1.54, 1.807) is 24.3 Å². The largest absolute Gasteiger partial charge is 1.00 e. The molecule has 0 saturated heterocycles. The molecule has 0 spiro atoms. The third kappa shape index (κ3) is 6.37. The third-order valence-electron chi connectivity index (χ3n) is 4.79. The zero-order valence-electron chi connectivity index (χ0n) is 19.4. The molecule has 0 fully saturated rings. The van der Waals surface area contributed by atoms with Crippen LogP contribution >= 0.6 is 0 Å². The molecule has 33 heavy (non-hydrogen) atoms. The number of carbonyl (C=O) groups is 2. The van der Waals surface area contributed by atoms with Gasteiger partial charge in [0.1, 0.15) is 22.6 Å². The number of benzene rings is 2. The Morgan fingerprint density at radius 2 is 1.18 bits per heavy atom. The number of carbonyl (C=O) groups excluding carboxylic acids is 1. The molecule has 4 rings (SSSR count). The van der Waals surface area contributed by atoms with Crippen LogP contribution in [0.25, 0.3) is 21.8 Å². The molecule has 4 aromatic rings. The summed E-state index contributed by atoms with van der Waals surface area (Å²) in [7, 11) is 4.35. The number of hydrogen-bond donors (Lipinski definition) is 3. The number of carboxylic acid groups (broad SMARTS) is 1. The number of H-pyrrole nitrogens is 2. The van der Waals surface area contributed by atoms with Crippen LogP contribution in [-0.2, 0) is 4.74 Å². The van der Waals surface area contributed by atoms with E-state index >= 15 is 0 Å². The maximum atomic E-state index is 11.5. The molecule has 0 unspecified atom stereocenters. The van der Waals surface area contributed by atoms with Gasteiger partial charge in [-0.05, 0) is 38.1 Å². The number of methoxy groups -OCH3 is 3. The monoisotopic (exact) mass is 480 g/mol. The molecule has 10 heteroatoms. The van der Waals surface area contributed by atoms with Gasteiger partial charge in [-0.3, -0.25) is 0 Å². The Balaban J connectivity index is 0.000000312. The van der Waals surface area contributed by atoms with Crippen molar-refractivity contribution in [1.82, 2.24) is 9.97 Å². The van der Waals surface area contributed by atoms with Gasteiger partial charge in [0.25, 0.3) is 0 Å². The number of hydrogen-bond acceptors (Lipinski definition) is 6. The fourth-order valence-electron chi connectivity index (χ4n) is 3.39. The molecule has 0 aliphatic rings. The average molecular weight is 481 g/mol. The number of carboxylic acids is 1. The van der Waals surface area contributed by atoms with Crippen LogP contribution in [0.5, 0.6) is 11.5 Å². The molecule has 9 nitrogen and oxygen atoms in total. The molecule has 0 amide bonds. The number of ether oxygens (including phenoxy) is 3. The zero-order valence-corrected chi connectivity index (χ0v) is 22.5. The Kier molecular flexibility index (Phi) is 10.6. The van der Waals surface area contributed by atoms with E-state index in [2.05, 4.69) is 9.97 Å². The molecule has 0 radical (unpaired) electrons. The molecular weight excluding hydrogens is 455 g/mol. The summed E-state index contributed by atoms with van der Waals surface area (Å²) in [6, 6.07) is 10.8. The molecule has 0 aliphatic carbocycles. The zero-order chi connectivity index (χ0) is 22.7. The quantitative estimate of drug-likeness (QED) is 0.295. The first-order chi connectivity index (χ1) is 14.8. The van der Waals surface area contributed by atoms with Crippen molar-refractivity contribution in [1.29, 1.82) is 0 Å². The van der Waals surface area contributed by atoms with Crippen LogP contribution < -0.4 is 60.9 Å². The molecule has 2 heterocycles. The maximum absolute atomic E-state index is 11.5. The summed E-state index contributed by atoms with van der Waals surface area (Å²) in [5, 5.41) is 10.8. The second kappa shape index (κ2) is 12.2. The predicted octanol–water partition coefficient (Wildman–Crippen LogP) is 1.28. The van der Waals surface area contributed by atoms with E-state index in [9.17, 15) is 9.59 Å². The summed E-state index contributed by atoms with van der Waals surface area (Å²) < 4.78 is 14.9. The van der Waals surface area contributed by atoms with Gasteiger partial charge in [-0.1, -0.05) is 0 Å². The molecule has 0 aliphatic heterocycles. The predicted molar refractivity (Wildman–Crippen MR) is 119 cm³/mol. The normalized spacial score (nSPS) is 9.85. The Morgan fingerprint density at radius 1 is 0.758 bits per heavy atom. The Labute approximate surface area is 233 Å². The van der Waals surface area contributed by atoms with Gasteiger partial charge < -0.3 is 34.8 Å². The number of nitrogens with one attached hydrogen (secondary N) is 2. The van der Waals surface area contributed by atoms with E-state index < -0.39 is 11.9 Å². The Hall–Kier alpha value is -2.34. The van der Waals surface area contributed by atoms with Crippen molar-refractivity contribution in [2.45, 2.75) is 13.8 Å². The molecule has 4 N–H and O–H groups in total. The minimum Gasteiger partial charge on any atom is -0.870 e.